The molecule has 0 saturated carbocycles. The maximum atomic E-state index is 12.6. The molecule has 0 aromatic heterocycles. The van der Waals surface area contributed by atoms with Crippen LogP contribution in [0.15, 0.2) is 53.4 Å². The predicted molar refractivity (Wildman–Crippen MR) is 105 cm³/mol. The fourth-order valence-corrected chi connectivity index (χ4v) is 3.66. The van der Waals surface area contributed by atoms with Crippen molar-refractivity contribution in [1.29, 1.82) is 0 Å². The van der Waals surface area contributed by atoms with Gasteiger partial charge in [0, 0.05) is 17.8 Å². The summed E-state index contributed by atoms with van der Waals surface area (Å²) in [4.78, 5) is 12.4. The molecule has 0 aliphatic carbocycles. The third-order valence-electron chi connectivity index (χ3n) is 4.42. The number of aryl methyl sites for hydroxylation is 1. The zero-order valence-corrected chi connectivity index (χ0v) is 16.3. The zero-order valence-electron chi connectivity index (χ0n) is 15.5. The zero-order chi connectivity index (χ0) is 19.2. The molecule has 2 aromatic carbocycles. The Hall–Kier alpha value is -2.34. The summed E-state index contributed by atoms with van der Waals surface area (Å²) in [5, 5.41) is 2.88. The van der Waals surface area contributed by atoms with Crippen molar-refractivity contribution >= 4 is 21.6 Å². The van der Waals surface area contributed by atoms with E-state index in [1.54, 1.807) is 24.3 Å². The van der Waals surface area contributed by atoms with Crippen LogP contribution < -0.4 is 10.0 Å². The van der Waals surface area contributed by atoms with Gasteiger partial charge in [-0.3, -0.25) is 9.52 Å². The fraction of sp³-hybridized carbons (Fsp3) is 0.350. The van der Waals surface area contributed by atoms with Crippen molar-refractivity contribution in [3.05, 3.63) is 59.7 Å². The number of nitrogens with one attached hydrogen (secondary N) is 2. The summed E-state index contributed by atoms with van der Waals surface area (Å²) < 4.78 is 27.7. The van der Waals surface area contributed by atoms with Gasteiger partial charge in [0.2, 0.25) is 0 Å². The molecule has 0 aliphatic rings. The lowest BCUT2D eigenvalue weighted by Crippen LogP contribution is -2.29. The summed E-state index contributed by atoms with van der Waals surface area (Å²) >= 11 is 0. The van der Waals surface area contributed by atoms with Gasteiger partial charge in [0.1, 0.15) is 0 Å². The Bertz CT molecular complexity index is 842. The van der Waals surface area contributed by atoms with E-state index in [4.69, 9.17) is 0 Å². The molecular formula is C20H26N2O3S. The quantitative estimate of drug-likeness (QED) is 0.734. The predicted octanol–water partition coefficient (Wildman–Crippen LogP) is 3.96. The van der Waals surface area contributed by atoms with E-state index < -0.39 is 10.0 Å². The van der Waals surface area contributed by atoms with Gasteiger partial charge in [0.25, 0.3) is 15.9 Å². The molecule has 140 valence electrons. The Kier molecular flexibility index (Phi) is 6.80. The summed E-state index contributed by atoms with van der Waals surface area (Å²) in [6, 6.07) is 13.2. The van der Waals surface area contributed by atoms with Crippen molar-refractivity contribution in [1.82, 2.24) is 5.32 Å². The van der Waals surface area contributed by atoms with Gasteiger partial charge in [-0.15, -0.1) is 0 Å². The molecule has 1 amide bonds. The molecule has 2 rings (SSSR count). The normalized spacial score (nSPS) is 11.4. The number of carbonyl (C=O) groups is 1. The van der Waals surface area contributed by atoms with Crippen molar-refractivity contribution in [2.24, 2.45) is 5.92 Å². The molecule has 0 aliphatic heterocycles. The van der Waals surface area contributed by atoms with Crippen molar-refractivity contribution < 1.29 is 13.2 Å². The first-order valence-electron chi connectivity index (χ1n) is 8.83. The molecule has 0 saturated heterocycles. The second kappa shape index (κ2) is 8.85. The van der Waals surface area contributed by atoms with Crippen LogP contribution in [0.5, 0.6) is 0 Å². The van der Waals surface area contributed by atoms with Crippen LogP contribution in [0.2, 0.25) is 0 Å². The first kappa shape index (κ1) is 20.0. The summed E-state index contributed by atoms with van der Waals surface area (Å²) in [7, 11) is -3.75. The number of hydrogen-bond acceptors (Lipinski definition) is 3. The van der Waals surface area contributed by atoms with E-state index in [9.17, 15) is 13.2 Å². The van der Waals surface area contributed by atoms with Crippen LogP contribution in [-0.2, 0) is 10.0 Å². The summed E-state index contributed by atoms with van der Waals surface area (Å²) in [6.07, 6.45) is 1.98. The van der Waals surface area contributed by atoms with Gasteiger partial charge < -0.3 is 5.32 Å². The minimum atomic E-state index is -3.75. The number of sulfonamides is 1. The average molecular weight is 375 g/mol. The molecule has 5 nitrogen and oxygen atoms in total. The molecule has 0 fully saturated rings. The van der Waals surface area contributed by atoms with E-state index in [1.807, 2.05) is 19.1 Å². The maximum Gasteiger partial charge on any atom is 0.261 e. The molecule has 0 bridgehead atoms. The standard InChI is InChI=1S/C20H26N2O3S/c1-4-16(5-2)14-21-20(23)17-7-6-8-19(13-17)26(24,25)22-18-11-9-15(3)10-12-18/h6-13,16,22H,4-5,14H2,1-3H3,(H,21,23). The maximum absolute atomic E-state index is 12.6. The van der Waals surface area contributed by atoms with Crippen LogP contribution in [-0.4, -0.2) is 20.9 Å². The summed E-state index contributed by atoms with van der Waals surface area (Å²) in [5.74, 6) is 0.165. The van der Waals surface area contributed by atoms with Gasteiger partial charge >= 0.3 is 0 Å². The smallest absolute Gasteiger partial charge is 0.261 e. The van der Waals surface area contributed by atoms with E-state index in [1.165, 1.54) is 12.1 Å². The Morgan fingerprint density at radius 3 is 2.31 bits per heavy atom. The molecule has 6 heteroatoms. The third-order valence-corrected chi connectivity index (χ3v) is 5.80. The third kappa shape index (κ3) is 5.33. The molecule has 0 unspecified atom stereocenters. The average Bonchev–Trinajstić information content (AvgIpc) is 2.64. The molecule has 2 N–H and O–H groups in total. The Morgan fingerprint density at radius 2 is 1.69 bits per heavy atom. The van der Waals surface area contributed by atoms with E-state index in [-0.39, 0.29) is 10.8 Å². The molecule has 0 atom stereocenters. The summed E-state index contributed by atoms with van der Waals surface area (Å²) in [5.41, 5.74) is 1.87. The molecule has 26 heavy (non-hydrogen) atoms. The van der Waals surface area contributed by atoms with Crippen LogP contribution in [0, 0.1) is 12.8 Å². The van der Waals surface area contributed by atoms with E-state index in [0.29, 0.717) is 23.7 Å². The first-order chi connectivity index (χ1) is 12.4. The molecule has 0 radical (unpaired) electrons. The van der Waals surface area contributed by atoms with Gasteiger partial charge in [-0.25, -0.2) is 8.42 Å². The number of benzene rings is 2. The van der Waals surface area contributed by atoms with Crippen LogP contribution >= 0.6 is 0 Å². The number of hydrogen-bond donors (Lipinski definition) is 2. The molecular weight excluding hydrogens is 348 g/mol. The Morgan fingerprint density at radius 1 is 1.04 bits per heavy atom. The van der Waals surface area contributed by atoms with Gasteiger partial charge in [-0.2, -0.15) is 0 Å². The molecule has 2 aromatic rings. The second-order valence-corrected chi connectivity index (χ2v) is 8.07. The highest BCUT2D eigenvalue weighted by Crippen LogP contribution is 2.18. The SMILES string of the molecule is CCC(CC)CNC(=O)c1cccc(S(=O)(=O)Nc2ccc(C)cc2)c1. The van der Waals surface area contributed by atoms with Crippen LogP contribution in [0.1, 0.15) is 42.6 Å². The number of rotatable bonds is 8. The monoisotopic (exact) mass is 374 g/mol. The minimum Gasteiger partial charge on any atom is -0.352 e. The Labute approximate surface area is 155 Å². The molecule has 0 heterocycles. The highest BCUT2D eigenvalue weighted by Gasteiger charge is 2.17. The molecule has 0 spiro atoms. The highest BCUT2D eigenvalue weighted by atomic mass is 32.2. The number of amides is 1. The lowest BCUT2D eigenvalue weighted by atomic mass is 10.0. The minimum absolute atomic E-state index is 0.0632. The van der Waals surface area contributed by atoms with E-state index >= 15 is 0 Å². The number of carbonyl (C=O) groups excluding carboxylic acids is 1. The van der Waals surface area contributed by atoms with E-state index in [2.05, 4.69) is 23.9 Å². The fourth-order valence-electron chi connectivity index (χ4n) is 2.56. The van der Waals surface area contributed by atoms with Crippen LogP contribution in [0.3, 0.4) is 0 Å². The Balaban J connectivity index is 2.14. The van der Waals surface area contributed by atoms with Gasteiger partial charge in [0.05, 0.1) is 4.90 Å². The number of anilines is 1. The largest absolute Gasteiger partial charge is 0.352 e. The second-order valence-electron chi connectivity index (χ2n) is 6.39. The van der Waals surface area contributed by atoms with Crippen molar-refractivity contribution in [3.8, 4) is 0 Å². The first-order valence-corrected chi connectivity index (χ1v) is 10.3. The van der Waals surface area contributed by atoms with Gasteiger partial charge in [0.15, 0.2) is 0 Å². The van der Waals surface area contributed by atoms with Gasteiger partial charge in [-0.05, 0) is 43.2 Å². The van der Waals surface area contributed by atoms with E-state index in [0.717, 1.165) is 18.4 Å². The van der Waals surface area contributed by atoms with Crippen LogP contribution in [0.25, 0.3) is 0 Å². The lowest BCUT2D eigenvalue weighted by Gasteiger charge is -2.14. The highest BCUT2D eigenvalue weighted by molar-refractivity contribution is 7.92. The van der Waals surface area contributed by atoms with Crippen LogP contribution in [0.4, 0.5) is 5.69 Å². The van der Waals surface area contributed by atoms with Crippen molar-refractivity contribution in [3.63, 3.8) is 0 Å². The van der Waals surface area contributed by atoms with Crippen molar-refractivity contribution in [2.75, 3.05) is 11.3 Å². The van der Waals surface area contributed by atoms with Gasteiger partial charge in [-0.1, -0.05) is 50.5 Å². The van der Waals surface area contributed by atoms with Crippen molar-refractivity contribution in [2.45, 2.75) is 38.5 Å². The lowest BCUT2D eigenvalue weighted by molar-refractivity contribution is 0.0946. The topological polar surface area (TPSA) is 75.3 Å². The summed E-state index contributed by atoms with van der Waals surface area (Å²) in [6.45, 7) is 6.70.